The van der Waals surface area contributed by atoms with Gasteiger partial charge in [-0.3, -0.25) is 0 Å². The van der Waals surface area contributed by atoms with Crippen molar-refractivity contribution in [3.8, 4) is 0 Å². The molecule has 1 aliphatic carbocycles. The highest BCUT2D eigenvalue weighted by Crippen LogP contribution is 2.31. The van der Waals surface area contributed by atoms with E-state index in [4.69, 9.17) is 0 Å². The standard InChI is InChI=1S/C17H25N3O/c1-19-11-5-9-15(19)16-10-6-12-20(16)17(21)18-13-14-7-3-2-4-8-14/h2-3,5,9,11,14,16H,4,6-8,10,12-13H2,1H3,(H,18,21). The van der Waals surface area contributed by atoms with E-state index in [1.165, 1.54) is 12.1 Å². The number of aromatic nitrogens is 1. The Morgan fingerprint density at radius 1 is 1.38 bits per heavy atom. The topological polar surface area (TPSA) is 37.3 Å². The second-order valence-corrected chi connectivity index (χ2v) is 6.23. The SMILES string of the molecule is Cn1cccc1C1CCCN1C(=O)NCC1CC=CCC1. The van der Waals surface area contributed by atoms with Crippen molar-refractivity contribution in [2.75, 3.05) is 13.1 Å². The Hall–Kier alpha value is -1.71. The van der Waals surface area contributed by atoms with Gasteiger partial charge in [-0.25, -0.2) is 4.79 Å². The number of carbonyl (C=O) groups excluding carboxylic acids is 1. The van der Waals surface area contributed by atoms with Gasteiger partial charge in [0.05, 0.1) is 6.04 Å². The first-order valence-electron chi connectivity index (χ1n) is 8.06. The summed E-state index contributed by atoms with van der Waals surface area (Å²) in [5.74, 6) is 0.607. The molecule has 21 heavy (non-hydrogen) atoms. The van der Waals surface area contributed by atoms with Gasteiger partial charge in [0.2, 0.25) is 0 Å². The highest BCUT2D eigenvalue weighted by atomic mass is 16.2. The summed E-state index contributed by atoms with van der Waals surface area (Å²) < 4.78 is 2.13. The van der Waals surface area contributed by atoms with Crippen molar-refractivity contribution >= 4 is 6.03 Å². The first kappa shape index (κ1) is 14.2. The lowest BCUT2D eigenvalue weighted by Gasteiger charge is -2.27. The second-order valence-electron chi connectivity index (χ2n) is 6.23. The highest BCUT2D eigenvalue weighted by molar-refractivity contribution is 5.75. The van der Waals surface area contributed by atoms with Gasteiger partial charge in [-0.05, 0) is 50.2 Å². The Bertz CT molecular complexity index is 520. The Kier molecular flexibility index (Phi) is 4.32. The number of hydrogen-bond acceptors (Lipinski definition) is 1. The van der Waals surface area contributed by atoms with Gasteiger partial charge in [0, 0.05) is 32.0 Å². The molecule has 0 aromatic carbocycles. The molecule has 2 aliphatic rings. The van der Waals surface area contributed by atoms with Crippen LogP contribution in [0.5, 0.6) is 0 Å². The molecule has 4 heteroatoms. The summed E-state index contributed by atoms with van der Waals surface area (Å²) in [6, 6.07) is 4.52. The summed E-state index contributed by atoms with van der Waals surface area (Å²) in [5, 5.41) is 3.15. The van der Waals surface area contributed by atoms with E-state index in [9.17, 15) is 4.79 Å². The average Bonchev–Trinajstić information content (AvgIpc) is 3.14. The zero-order valence-corrected chi connectivity index (χ0v) is 12.8. The molecule has 1 N–H and O–H groups in total. The molecule has 4 nitrogen and oxygen atoms in total. The summed E-state index contributed by atoms with van der Waals surface area (Å²) in [7, 11) is 2.05. The molecule has 1 aliphatic heterocycles. The van der Waals surface area contributed by atoms with Crippen LogP contribution in [0.3, 0.4) is 0 Å². The molecule has 0 spiro atoms. The van der Waals surface area contributed by atoms with E-state index in [-0.39, 0.29) is 12.1 Å². The molecular weight excluding hydrogens is 262 g/mol. The van der Waals surface area contributed by atoms with Gasteiger partial charge in [0.25, 0.3) is 0 Å². The van der Waals surface area contributed by atoms with Crippen LogP contribution in [0.4, 0.5) is 4.79 Å². The van der Waals surface area contributed by atoms with Gasteiger partial charge >= 0.3 is 6.03 Å². The maximum absolute atomic E-state index is 12.5. The zero-order valence-electron chi connectivity index (χ0n) is 12.8. The van der Waals surface area contributed by atoms with Gasteiger partial charge in [0.1, 0.15) is 0 Å². The van der Waals surface area contributed by atoms with Crippen LogP contribution < -0.4 is 5.32 Å². The Balaban J connectivity index is 1.58. The van der Waals surface area contributed by atoms with Crippen molar-refractivity contribution in [1.82, 2.24) is 14.8 Å². The number of amides is 2. The average molecular weight is 287 g/mol. The van der Waals surface area contributed by atoms with Crippen LogP contribution in [-0.2, 0) is 7.05 Å². The number of rotatable bonds is 3. The maximum atomic E-state index is 12.5. The number of likely N-dealkylation sites (tertiary alicyclic amines) is 1. The number of nitrogens with zero attached hydrogens (tertiary/aromatic N) is 2. The van der Waals surface area contributed by atoms with Crippen molar-refractivity contribution < 1.29 is 4.79 Å². The minimum Gasteiger partial charge on any atom is -0.353 e. The minimum absolute atomic E-state index is 0.105. The molecular formula is C17H25N3O. The van der Waals surface area contributed by atoms with E-state index in [0.29, 0.717) is 5.92 Å². The number of urea groups is 1. The van der Waals surface area contributed by atoms with Crippen LogP contribution in [0.2, 0.25) is 0 Å². The third kappa shape index (κ3) is 3.14. The largest absolute Gasteiger partial charge is 0.353 e. The molecule has 0 radical (unpaired) electrons. The van der Waals surface area contributed by atoms with Crippen LogP contribution in [0.25, 0.3) is 0 Å². The maximum Gasteiger partial charge on any atom is 0.317 e. The van der Waals surface area contributed by atoms with Crippen LogP contribution in [-0.4, -0.2) is 28.6 Å². The summed E-state index contributed by atoms with van der Waals surface area (Å²) in [4.78, 5) is 14.5. The quantitative estimate of drug-likeness (QED) is 0.852. The molecule has 2 heterocycles. The lowest BCUT2D eigenvalue weighted by atomic mass is 9.94. The molecule has 3 rings (SSSR count). The lowest BCUT2D eigenvalue weighted by Crippen LogP contribution is -2.41. The normalized spacial score (nSPS) is 25.3. The lowest BCUT2D eigenvalue weighted by molar-refractivity contribution is 0.189. The monoisotopic (exact) mass is 287 g/mol. The van der Waals surface area contributed by atoms with Crippen molar-refractivity contribution in [2.45, 2.75) is 38.1 Å². The van der Waals surface area contributed by atoms with Gasteiger partial charge in [-0.15, -0.1) is 0 Å². The van der Waals surface area contributed by atoms with E-state index in [0.717, 1.165) is 38.8 Å². The van der Waals surface area contributed by atoms with E-state index < -0.39 is 0 Å². The van der Waals surface area contributed by atoms with Crippen molar-refractivity contribution in [1.29, 1.82) is 0 Å². The molecule has 2 amide bonds. The van der Waals surface area contributed by atoms with E-state index >= 15 is 0 Å². The predicted molar refractivity (Wildman–Crippen MR) is 84.0 cm³/mol. The van der Waals surface area contributed by atoms with Gasteiger partial charge < -0.3 is 14.8 Å². The van der Waals surface area contributed by atoms with Gasteiger partial charge in [-0.2, -0.15) is 0 Å². The fraction of sp³-hybridized carbons (Fsp3) is 0.588. The van der Waals surface area contributed by atoms with Crippen LogP contribution in [0.15, 0.2) is 30.5 Å². The van der Waals surface area contributed by atoms with Gasteiger partial charge in [0.15, 0.2) is 0 Å². The third-order valence-corrected chi connectivity index (χ3v) is 4.76. The second kappa shape index (κ2) is 6.37. The van der Waals surface area contributed by atoms with Gasteiger partial charge in [-0.1, -0.05) is 12.2 Å². The van der Waals surface area contributed by atoms with Crippen LogP contribution in [0, 0.1) is 5.92 Å². The molecule has 0 bridgehead atoms. The van der Waals surface area contributed by atoms with Crippen LogP contribution in [0.1, 0.15) is 43.8 Å². The first-order chi connectivity index (χ1) is 10.3. The predicted octanol–water partition coefficient (Wildman–Crippen LogP) is 3.23. The molecule has 1 aromatic rings. The van der Waals surface area contributed by atoms with Crippen molar-refractivity contribution in [3.63, 3.8) is 0 Å². The Morgan fingerprint density at radius 2 is 2.29 bits per heavy atom. The number of hydrogen-bond donors (Lipinski definition) is 1. The Labute approximate surface area is 126 Å². The number of aryl methyl sites for hydroxylation is 1. The molecule has 114 valence electrons. The summed E-state index contributed by atoms with van der Waals surface area (Å²) in [5.41, 5.74) is 1.24. The third-order valence-electron chi connectivity index (χ3n) is 4.76. The van der Waals surface area contributed by atoms with Crippen LogP contribution >= 0.6 is 0 Å². The first-order valence-corrected chi connectivity index (χ1v) is 8.06. The molecule has 1 aromatic heterocycles. The molecule has 0 saturated carbocycles. The van der Waals surface area contributed by atoms with E-state index in [1.54, 1.807) is 0 Å². The smallest absolute Gasteiger partial charge is 0.317 e. The number of nitrogens with one attached hydrogen (secondary N) is 1. The highest BCUT2D eigenvalue weighted by Gasteiger charge is 2.31. The van der Waals surface area contributed by atoms with E-state index in [2.05, 4.69) is 47.4 Å². The Morgan fingerprint density at radius 3 is 3.00 bits per heavy atom. The number of allylic oxidation sites excluding steroid dienone is 2. The van der Waals surface area contributed by atoms with E-state index in [1.807, 2.05) is 4.90 Å². The molecule has 2 unspecified atom stereocenters. The summed E-state index contributed by atoms with van der Waals surface area (Å²) >= 11 is 0. The summed E-state index contributed by atoms with van der Waals surface area (Å²) in [6.07, 6.45) is 12.1. The van der Waals surface area contributed by atoms with Crippen molar-refractivity contribution in [3.05, 3.63) is 36.2 Å². The minimum atomic E-state index is 0.105. The summed E-state index contributed by atoms with van der Waals surface area (Å²) in [6.45, 7) is 1.67. The van der Waals surface area contributed by atoms with Crippen molar-refractivity contribution in [2.24, 2.45) is 13.0 Å². The number of carbonyl (C=O) groups is 1. The molecule has 1 fully saturated rings. The zero-order chi connectivity index (χ0) is 14.7. The fourth-order valence-electron chi connectivity index (χ4n) is 3.51. The molecule has 2 atom stereocenters. The fourth-order valence-corrected chi connectivity index (χ4v) is 3.51. The molecule has 1 saturated heterocycles.